The second-order valence-corrected chi connectivity index (χ2v) is 6.67. The number of nitrogens with zero attached hydrogens (tertiary/aromatic N) is 3. The van der Waals surface area contributed by atoms with Gasteiger partial charge in [-0.25, -0.2) is 18.7 Å². The molecule has 0 fully saturated rings. The summed E-state index contributed by atoms with van der Waals surface area (Å²) in [4.78, 5) is 21.0. The lowest BCUT2D eigenvalue weighted by molar-refractivity contribution is 0.0943. The van der Waals surface area contributed by atoms with Gasteiger partial charge >= 0.3 is 0 Å². The number of amides is 1. The molecule has 3 aromatic rings. The minimum absolute atomic E-state index is 0.0457. The number of halogens is 2. The highest BCUT2D eigenvalue weighted by Crippen LogP contribution is 2.15. The molecular formula is C20H22F2N6O. The Morgan fingerprint density at radius 2 is 1.76 bits per heavy atom. The van der Waals surface area contributed by atoms with Crippen molar-refractivity contribution < 1.29 is 13.6 Å². The van der Waals surface area contributed by atoms with E-state index in [9.17, 15) is 13.6 Å². The number of benzene rings is 1. The molecule has 0 atom stereocenters. The molecule has 0 aliphatic heterocycles. The molecule has 152 valence electrons. The van der Waals surface area contributed by atoms with Crippen LogP contribution in [0.4, 0.5) is 14.6 Å². The number of carbonyl (C=O) groups excluding carboxylic acids is 1. The zero-order valence-electron chi connectivity index (χ0n) is 16.2. The predicted octanol–water partition coefficient (Wildman–Crippen LogP) is 2.72. The van der Waals surface area contributed by atoms with E-state index < -0.39 is 17.5 Å². The highest BCUT2D eigenvalue weighted by Gasteiger charge is 2.14. The molecule has 0 radical (unpaired) electrons. The van der Waals surface area contributed by atoms with Crippen molar-refractivity contribution >= 4 is 11.7 Å². The third-order valence-corrected chi connectivity index (χ3v) is 4.47. The third-order valence-electron chi connectivity index (χ3n) is 4.47. The Hall–Kier alpha value is -3.36. The second-order valence-electron chi connectivity index (χ2n) is 6.67. The van der Waals surface area contributed by atoms with Gasteiger partial charge in [0, 0.05) is 36.6 Å². The first-order valence-electron chi connectivity index (χ1n) is 9.22. The van der Waals surface area contributed by atoms with Crippen molar-refractivity contribution in [3.05, 3.63) is 70.4 Å². The molecule has 1 amide bonds. The molecule has 3 rings (SSSR count). The minimum atomic E-state index is -0.644. The molecule has 0 saturated heterocycles. The molecule has 0 aliphatic carbocycles. The van der Waals surface area contributed by atoms with Crippen LogP contribution < -0.4 is 10.6 Å². The van der Waals surface area contributed by atoms with Crippen LogP contribution in [-0.4, -0.2) is 39.2 Å². The van der Waals surface area contributed by atoms with Gasteiger partial charge in [0.25, 0.3) is 5.91 Å². The number of hydrogen-bond acceptors (Lipinski definition) is 5. The molecule has 0 aliphatic rings. The highest BCUT2D eigenvalue weighted by atomic mass is 19.1. The first-order valence-corrected chi connectivity index (χ1v) is 9.22. The normalized spacial score (nSPS) is 10.8. The fourth-order valence-electron chi connectivity index (χ4n) is 2.80. The van der Waals surface area contributed by atoms with Crippen LogP contribution in [0.1, 0.15) is 33.0 Å². The molecule has 1 aromatic carbocycles. The Balaban J connectivity index is 1.59. The highest BCUT2D eigenvalue weighted by molar-refractivity contribution is 5.90. The van der Waals surface area contributed by atoms with Gasteiger partial charge < -0.3 is 10.6 Å². The van der Waals surface area contributed by atoms with Crippen molar-refractivity contribution in [2.75, 3.05) is 18.4 Å². The van der Waals surface area contributed by atoms with Crippen molar-refractivity contribution in [1.29, 1.82) is 0 Å². The van der Waals surface area contributed by atoms with Crippen LogP contribution in [0, 0.1) is 25.5 Å². The van der Waals surface area contributed by atoms with Gasteiger partial charge in [0.05, 0.1) is 6.20 Å². The standard InChI is InChI=1S/C20H22F2N6O/c1-12-13(2)27-19(28-18(12)23-5-4-15-10-25-26-11-15)20(29)24-6-3-14-7-16(21)9-17(22)8-14/h7-11H,3-6H2,1-2H3,(H,24,29)(H,25,26)(H,23,27,28). The average molecular weight is 400 g/mol. The van der Waals surface area contributed by atoms with E-state index in [1.807, 2.05) is 20.0 Å². The maximum Gasteiger partial charge on any atom is 0.289 e. The van der Waals surface area contributed by atoms with E-state index in [4.69, 9.17) is 0 Å². The molecule has 3 N–H and O–H groups in total. The van der Waals surface area contributed by atoms with E-state index in [0.29, 0.717) is 30.0 Å². The Labute approximate surface area is 167 Å². The van der Waals surface area contributed by atoms with Gasteiger partial charge in [0.2, 0.25) is 5.82 Å². The average Bonchev–Trinajstić information content (AvgIpc) is 3.17. The van der Waals surface area contributed by atoms with Crippen LogP contribution >= 0.6 is 0 Å². The zero-order chi connectivity index (χ0) is 20.8. The first kappa shape index (κ1) is 20.4. The van der Waals surface area contributed by atoms with Gasteiger partial charge in [-0.05, 0) is 49.9 Å². The lowest BCUT2D eigenvalue weighted by atomic mass is 10.1. The van der Waals surface area contributed by atoms with E-state index in [2.05, 4.69) is 30.8 Å². The summed E-state index contributed by atoms with van der Waals surface area (Å²) in [7, 11) is 0. The van der Waals surface area contributed by atoms with Crippen LogP contribution in [0.3, 0.4) is 0 Å². The van der Waals surface area contributed by atoms with Gasteiger partial charge in [-0.3, -0.25) is 9.89 Å². The molecule has 0 bridgehead atoms. The molecule has 9 heteroatoms. The Morgan fingerprint density at radius 1 is 1.03 bits per heavy atom. The van der Waals surface area contributed by atoms with Crippen molar-refractivity contribution in [2.45, 2.75) is 26.7 Å². The van der Waals surface area contributed by atoms with Gasteiger partial charge in [0.1, 0.15) is 17.5 Å². The molecule has 7 nitrogen and oxygen atoms in total. The number of carbonyl (C=O) groups is 1. The van der Waals surface area contributed by atoms with E-state index in [1.54, 1.807) is 6.20 Å². The first-order chi connectivity index (χ1) is 13.9. The summed E-state index contributed by atoms with van der Waals surface area (Å²) in [5, 5.41) is 12.6. The Kier molecular flexibility index (Phi) is 6.48. The van der Waals surface area contributed by atoms with Gasteiger partial charge in [-0.15, -0.1) is 0 Å². The number of aryl methyl sites for hydroxylation is 1. The topological polar surface area (TPSA) is 95.6 Å². The van der Waals surface area contributed by atoms with Crippen LogP contribution in [0.5, 0.6) is 0 Å². The lowest BCUT2D eigenvalue weighted by Gasteiger charge is -2.12. The maximum atomic E-state index is 13.2. The van der Waals surface area contributed by atoms with Crippen LogP contribution in [0.15, 0.2) is 30.6 Å². The third kappa shape index (κ3) is 5.56. The molecule has 2 aromatic heterocycles. The quantitative estimate of drug-likeness (QED) is 0.540. The smallest absolute Gasteiger partial charge is 0.289 e. The monoisotopic (exact) mass is 400 g/mol. The number of hydrogen-bond donors (Lipinski definition) is 3. The van der Waals surface area contributed by atoms with Crippen LogP contribution in [0.2, 0.25) is 0 Å². The number of nitrogens with one attached hydrogen (secondary N) is 3. The SMILES string of the molecule is Cc1nc(C(=O)NCCc2cc(F)cc(F)c2)nc(NCCc2cn[nH]c2)c1C. The van der Waals surface area contributed by atoms with E-state index in [-0.39, 0.29) is 12.4 Å². The zero-order valence-corrected chi connectivity index (χ0v) is 16.2. The van der Waals surface area contributed by atoms with Gasteiger partial charge in [-0.2, -0.15) is 5.10 Å². The summed E-state index contributed by atoms with van der Waals surface area (Å²) >= 11 is 0. The fourth-order valence-corrected chi connectivity index (χ4v) is 2.80. The van der Waals surface area contributed by atoms with Crippen molar-refractivity contribution in [2.24, 2.45) is 0 Å². The summed E-state index contributed by atoms with van der Waals surface area (Å²) in [6, 6.07) is 3.29. The van der Waals surface area contributed by atoms with Crippen LogP contribution in [-0.2, 0) is 12.8 Å². The lowest BCUT2D eigenvalue weighted by Crippen LogP contribution is -2.28. The molecule has 0 unspecified atom stereocenters. The summed E-state index contributed by atoms with van der Waals surface area (Å²) in [5.74, 6) is -1.09. The van der Waals surface area contributed by atoms with E-state index >= 15 is 0 Å². The number of aromatic amines is 1. The number of H-pyrrole nitrogens is 1. The molecular weight excluding hydrogens is 378 g/mol. The largest absolute Gasteiger partial charge is 0.369 e. The summed E-state index contributed by atoms with van der Waals surface area (Å²) in [5.41, 5.74) is 3.09. The summed E-state index contributed by atoms with van der Waals surface area (Å²) in [6.45, 7) is 4.53. The second kappa shape index (κ2) is 9.22. The summed E-state index contributed by atoms with van der Waals surface area (Å²) < 4.78 is 26.5. The molecule has 0 saturated carbocycles. The minimum Gasteiger partial charge on any atom is -0.369 e. The Bertz CT molecular complexity index is 971. The number of rotatable bonds is 8. The fraction of sp³-hybridized carbons (Fsp3) is 0.300. The molecule has 2 heterocycles. The predicted molar refractivity (Wildman–Crippen MR) is 105 cm³/mol. The summed E-state index contributed by atoms with van der Waals surface area (Å²) in [6.07, 6.45) is 4.62. The number of anilines is 1. The van der Waals surface area contributed by atoms with Crippen molar-refractivity contribution in [3.8, 4) is 0 Å². The van der Waals surface area contributed by atoms with E-state index in [0.717, 1.165) is 23.6 Å². The Morgan fingerprint density at radius 3 is 2.45 bits per heavy atom. The molecule has 0 spiro atoms. The molecule has 29 heavy (non-hydrogen) atoms. The van der Waals surface area contributed by atoms with Crippen LogP contribution in [0.25, 0.3) is 0 Å². The van der Waals surface area contributed by atoms with Gasteiger partial charge in [0.15, 0.2) is 0 Å². The van der Waals surface area contributed by atoms with E-state index in [1.165, 1.54) is 12.1 Å². The van der Waals surface area contributed by atoms with Crippen molar-refractivity contribution in [1.82, 2.24) is 25.5 Å². The maximum absolute atomic E-state index is 13.2. The van der Waals surface area contributed by atoms with Crippen molar-refractivity contribution in [3.63, 3.8) is 0 Å². The number of aromatic nitrogens is 4. The van der Waals surface area contributed by atoms with Gasteiger partial charge in [-0.1, -0.05) is 0 Å².